The van der Waals surface area contributed by atoms with Crippen molar-refractivity contribution in [2.45, 2.75) is 49.7 Å². The molecule has 0 aromatic rings. The van der Waals surface area contributed by atoms with Crippen LogP contribution in [0.1, 0.15) is 38.5 Å². The average Bonchev–Trinajstić information content (AvgIpc) is 1.75. The van der Waals surface area contributed by atoms with E-state index in [1.165, 1.54) is 6.42 Å². The van der Waals surface area contributed by atoms with Crippen LogP contribution in [0.25, 0.3) is 0 Å². The molecule has 4 saturated carbocycles. The van der Waals surface area contributed by atoms with Gasteiger partial charge in [0.1, 0.15) is 0 Å². The minimum absolute atomic E-state index is 0.487. The van der Waals surface area contributed by atoms with E-state index in [1.54, 1.807) is 0 Å². The number of hydrogen-bond donors (Lipinski definition) is 2. The highest BCUT2D eigenvalue weighted by molar-refractivity contribution is 5.08. The fourth-order valence-corrected chi connectivity index (χ4v) is 4.17. The number of hydrogen-bond acceptors (Lipinski definition) is 2. The molecule has 0 aromatic heterocycles. The zero-order valence-corrected chi connectivity index (χ0v) is 7.29. The Bertz CT molecular complexity index is 190. The summed E-state index contributed by atoms with van der Waals surface area (Å²) >= 11 is 0. The van der Waals surface area contributed by atoms with Gasteiger partial charge in [-0.05, 0) is 43.9 Å². The molecule has 4 bridgehead atoms. The molecule has 68 valence electrons. The maximum atomic E-state index is 10.1. The van der Waals surface area contributed by atoms with Crippen LogP contribution >= 0.6 is 0 Å². The third-order valence-corrected chi connectivity index (χ3v) is 4.00. The molecule has 4 fully saturated rings. The molecular formula is C10H16O2. The van der Waals surface area contributed by atoms with Crippen LogP contribution in [0.4, 0.5) is 0 Å². The van der Waals surface area contributed by atoms with E-state index >= 15 is 0 Å². The third kappa shape index (κ3) is 0.882. The molecule has 0 radical (unpaired) electrons. The Morgan fingerprint density at radius 1 is 0.833 bits per heavy atom. The van der Waals surface area contributed by atoms with Gasteiger partial charge in [0.05, 0.1) is 11.2 Å². The molecule has 2 N–H and O–H groups in total. The summed E-state index contributed by atoms with van der Waals surface area (Å²) in [6.45, 7) is 0. The first-order valence-electron chi connectivity index (χ1n) is 5.02. The molecule has 0 amide bonds. The van der Waals surface area contributed by atoms with Gasteiger partial charge in [0.25, 0.3) is 0 Å². The second-order valence-electron chi connectivity index (χ2n) is 5.41. The maximum absolute atomic E-state index is 10.1. The Labute approximate surface area is 72.6 Å². The van der Waals surface area contributed by atoms with Crippen molar-refractivity contribution < 1.29 is 10.2 Å². The van der Waals surface area contributed by atoms with Crippen LogP contribution in [0.5, 0.6) is 0 Å². The quantitative estimate of drug-likeness (QED) is 0.568. The van der Waals surface area contributed by atoms with E-state index in [4.69, 9.17) is 0 Å². The topological polar surface area (TPSA) is 40.5 Å². The zero-order valence-electron chi connectivity index (χ0n) is 7.29. The average molecular weight is 168 g/mol. The number of aliphatic hydroxyl groups is 2. The first-order valence-corrected chi connectivity index (χ1v) is 5.02. The summed E-state index contributed by atoms with van der Waals surface area (Å²) in [7, 11) is 0. The number of rotatable bonds is 0. The van der Waals surface area contributed by atoms with Crippen molar-refractivity contribution in [3.63, 3.8) is 0 Å². The van der Waals surface area contributed by atoms with Crippen LogP contribution in [0, 0.1) is 11.8 Å². The van der Waals surface area contributed by atoms with Gasteiger partial charge in [-0.1, -0.05) is 0 Å². The standard InChI is InChI=1S/C10H16O2/c11-9-2-7-1-8(4-9)5-10(12,3-7)6-9/h7-8,11-12H,1-6H2/t7-,8?,9-,10+. The Kier molecular flexibility index (Phi) is 1.15. The van der Waals surface area contributed by atoms with Crippen molar-refractivity contribution in [1.82, 2.24) is 0 Å². The molecule has 12 heavy (non-hydrogen) atoms. The van der Waals surface area contributed by atoms with Crippen LogP contribution in [0.3, 0.4) is 0 Å². The molecule has 2 nitrogen and oxygen atoms in total. The van der Waals surface area contributed by atoms with Gasteiger partial charge in [-0.2, -0.15) is 0 Å². The van der Waals surface area contributed by atoms with Gasteiger partial charge in [-0.15, -0.1) is 0 Å². The zero-order chi connectivity index (χ0) is 8.40. The molecule has 0 unspecified atom stereocenters. The molecular weight excluding hydrogens is 152 g/mol. The molecule has 4 rings (SSSR count). The first kappa shape index (κ1) is 7.34. The van der Waals surface area contributed by atoms with Crippen molar-refractivity contribution in [2.24, 2.45) is 11.8 Å². The van der Waals surface area contributed by atoms with Gasteiger partial charge < -0.3 is 10.2 Å². The van der Waals surface area contributed by atoms with Gasteiger partial charge in [0.2, 0.25) is 0 Å². The minimum Gasteiger partial charge on any atom is -0.390 e. The predicted molar refractivity (Wildman–Crippen MR) is 44.6 cm³/mol. The van der Waals surface area contributed by atoms with Crippen LogP contribution in [0.15, 0.2) is 0 Å². The van der Waals surface area contributed by atoms with E-state index in [1.807, 2.05) is 0 Å². The lowest BCUT2D eigenvalue weighted by Crippen LogP contribution is -2.58. The Morgan fingerprint density at radius 2 is 1.25 bits per heavy atom. The van der Waals surface area contributed by atoms with Crippen LogP contribution < -0.4 is 0 Å². The van der Waals surface area contributed by atoms with E-state index in [0.29, 0.717) is 18.3 Å². The van der Waals surface area contributed by atoms with Gasteiger partial charge in [-0.25, -0.2) is 0 Å². The van der Waals surface area contributed by atoms with Crippen molar-refractivity contribution in [2.75, 3.05) is 0 Å². The molecule has 0 saturated heterocycles. The van der Waals surface area contributed by atoms with Crippen LogP contribution in [-0.4, -0.2) is 21.4 Å². The fourth-order valence-electron chi connectivity index (χ4n) is 4.17. The molecule has 0 heterocycles. The van der Waals surface area contributed by atoms with Crippen molar-refractivity contribution in [3.8, 4) is 0 Å². The first-order chi connectivity index (χ1) is 5.57. The smallest absolute Gasteiger partial charge is 0.0680 e. The highest BCUT2D eigenvalue weighted by Gasteiger charge is 2.56. The molecule has 0 atom stereocenters. The van der Waals surface area contributed by atoms with Gasteiger partial charge in [0, 0.05) is 6.42 Å². The Morgan fingerprint density at radius 3 is 1.58 bits per heavy atom. The molecule has 2 heteroatoms. The molecule has 0 aliphatic heterocycles. The highest BCUT2D eigenvalue weighted by Crippen LogP contribution is 2.57. The van der Waals surface area contributed by atoms with Crippen molar-refractivity contribution in [1.29, 1.82) is 0 Å². The SMILES string of the molecule is O[C@]12CC3C[C@@H](C1)C[C@@](O)(C3)C2. The lowest BCUT2D eigenvalue weighted by atomic mass is 9.52. The highest BCUT2D eigenvalue weighted by atomic mass is 16.3. The summed E-state index contributed by atoms with van der Waals surface area (Å²) in [4.78, 5) is 0. The monoisotopic (exact) mass is 168 g/mol. The fraction of sp³-hybridized carbons (Fsp3) is 1.00. The predicted octanol–water partition coefficient (Wildman–Crippen LogP) is 1.06. The van der Waals surface area contributed by atoms with Gasteiger partial charge in [-0.3, -0.25) is 0 Å². The van der Waals surface area contributed by atoms with Crippen molar-refractivity contribution >= 4 is 0 Å². The van der Waals surface area contributed by atoms with Crippen LogP contribution in [0.2, 0.25) is 0 Å². The largest absolute Gasteiger partial charge is 0.390 e. The summed E-state index contributed by atoms with van der Waals surface area (Å²) in [5, 5.41) is 20.2. The Hall–Kier alpha value is -0.0800. The summed E-state index contributed by atoms with van der Waals surface area (Å²) < 4.78 is 0. The Balaban J connectivity index is 1.98. The lowest BCUT2D eigenvalue weighted by Gasteiger charge is -2.58. The van der Waals surface area contributed by atoms with E-state index in [-0.39, 0.29) is 0 Å². The molecule has 0 aromatic carbocycles. The molecule has 4 aliphatic rings. The second kappa shape index (κ2) is 1.88. The second-order valence-corrected chi connectivity index (χ2v) is 5.41. The van der Waals surface area contributed by atoms with E-state index in [2.05, 4.69) is 0 Å². The summed E-state index contributed by atoms with van der Waals surface area (Å²) in [5.74, 6) is 1.22. The van der Waals surface area contributed by atoms with E-state index < -0.39 is 11.2 Å². The van der Waals surface area contributed by atoms with Crippen molar-refractivity contribution in [3.05, 3.63) is 0 Å². The maximum Gasteiger partial charge on any atom is 0.0680 e. The van der Waals surface area contributed by atoms with Gasteiger partial charge in [0.15, 0.2) is 0 Å². The minimum atomic E-state index is -0.487. The van der Waals surface area contributed by atoms with E-state index in [9.17, 15) is 10.2 Å². The van der Waals surface area contributed by atoms with Crippen LogP contribution in [-0.2, 0) is 0 Å². The molecule has 4 aliphatic carbocycles. The summed E-state index contributed by atoms with van der Waals surface area (Å²) in [5.41, 5.74) is -0.975. The lowest BCUT2D eigenvalue weighted by molar-refractivity contribution is -0.198. The third-order valence-electron chi connectivity index (χ3n) is 4.00. The normalized spacial score (nSPS) is 62.5. The summed E-state index contributed by atoms with van der Waals surface area (Å²) in [6, 6.07) is 0. The summed E-state index contributed by atoms with van der Waals surface area (Å²) in [6.07, 6.45) is 5.70. The molecule has 0 spiro atoms. The van der Waals surface area contributed by atoms with Gasteiger partial charge >= 0.3 is 0 Å². The van der Waals surface area contributed by atoms with E-state index in [0.717, 1.165) is 25.7 Å².